The number of nitrogen functional groups attached to an aromatic ring is 2. The number of anilines is 2. The van der Waals surface area contributed by atoms with Gasteiger partial charge in [-0.25, -0.2) is 4.79 Å². The zero-order valence-electron chi connectivity index (χ0n) is 16.9. The Hall–Kier alpha value is -3.39. The number of methoxy groups -OCH3 is 2. The van der Waals surface area contributed by atoms with Crippen molar-refractivity contribution >= 4 is 17.3 Å². The fraction of sp³-hybridized carbons (Fsp3) is 0.286. The van der Waals surface area contributed by atoms with Gasteiger partial charge in [0.15, 0.2) is 6.10 Å². The van der Waals surface area contributed by atoms with Crippen molar-refractivity contribution in [2.24, 2.45) is 0 Å². The van der Waals surface area contributed by atoms with Gasteiger partial charge in [-0.15, -0.1) is 0 Å². The Bertz CT molecular complexity index is 792. The van der Waals surface area contributed by atoms with Crippen molar-refractivity contribution < 1.29 is 28.8 Å². The standard InChI is InChI=1S/C14H19NO4.C7H9NO2/c1-10(2)14(16)19-13(8-17-3)9-18-12-6-4-11(15)5-7-12;1-10-5-2-3-6(8)7(9)4-5/h4-7,13H,1,8-9,15H2,2-3H3;2-4,9H,8H2,1H3. The summed E-state index contributed by atoms with van der Waals surface area (Å²) in [6.45, 7) is 5.58. The molecule has 0 aliphatic rings. The van der Waals surface area contributed by atoms with Gasteiger partial charge in [0, 0.05) is 24.4 Å². The van der Waals surface area contributed by atoms with Gasteiger partial charge >= 0.3 is 5.97 Å². The Labute approximate surface area is 170 Å². The molecule has 0 aromatic heterocycles. The molecule has 1 atom stereocenters. The van der Waals surface area contributed by atoms with Crippen molar-refractivity contribution in [2.75, 3.05) is 38.9 Å². The lowest BCUT2D eigenvalue weighted by molar-refractivity contribution is -0.148. The topological polar surface area (TPSA) is 126 Å². The van der Waals surface area contributed by atoms with Crippen molar-refractivity contribution in [2.45, 2.75) is 13.0 Å². The third-order valence-corrected chi connectivity index (χ3v) is 3.53. The number of ether oxygens (including phenoxy) is 4. The van der Waals surface area contributed by atoms with E-state index in [1.165, 1.54) is 20.3 Å². The van der Waals surface area contributed by atoms with E-state index in [-0.39, 0.29) is 19.0 Å². The fourth-order valence-corrected chi connectivity index (χ4v) is 1.96. The lowest BCUT2D eigenvalue weighted by atomic mass is 10.3. The second-order valence-electron chi connectivity index (χ2n) is 6.07. The van der Waals surface area contributed by atoms with Crippen molar-refractivity contribution in [1.82, 2.24) is 0 Å². The van der Waals surface area contributed by atoms with Crippen LogP contribution in [0.15, 0.2) is 54.6 Å². The number of benzene rings is 2. The molecule has 8 heteroatoms. The summed E-state index contributed by atoms with van der Waals surface area (Å²) in [5.74, 6) is 0.857. The van der Waals surface area contributed by atoms with Crippen LogP contribution < -0.4 is 20.9 Å². The predicted octanol–water partition coefficient (Wildman–Crippen LogP) is 2.76. The monoisotopic (exact) mass is 404 g/mol. The van der Waals surface area contributed by atoms with Crippen molar-refractivity contribution in [3.05, 3.63) is 54.6 Å². The summed E-state index contributed by atoms with van der Waals surface area (Å²) in [6, 6.07) is 11.7. The van der Waals surface area contributed by atoms with Gasteiger partial charge in [-0.3, -0.25) is 0 Å². The maximum Gasteiger partial charge on any atom is 0.333 e. The van der Waals surface area contributed by atoms with Gasteiger partial charge < -0.3 is 35.5 Å². The van der Waals surface area contributed by atoms with Gasteiger partial charge in [0.25, 0.3) is 0 Å². The molecular formula is C21H28N2O6. The van der Waals surface area contributed by atoms with Gasteiger partial charge in [-0.05, 0) is 43.3 Å². The van der Waals surface area contributed by atoms with E-state index in [9.17, 15) is 4.79 Å². The van der Waals surface area contributed by atoms with Crippen LogP contribution in [0.5, 0.6) is 17.2 Å². The number of hydrogen-bond acceptors (Lipinski definition) is 8. The second kappa shape index (κ2) is 12.1. The molecule has 0 spiro atoms. The maximum atomic E-state index is 11.4. The van der Waals surface area contributed by atoms with Gasteiger partial charge in [-0.1, -0.05) is 6.58 Å². The van der Waals surface area contributed by atoms with E-state index in [1.807, 2.05) is 0 Å². The first-order chi connectivity index (χ1) is 13.8. The van der Waals surface area contributed by atoms with Crippen LogP contribution >= 0.6 is 0 Å². The van der Waals surface area contributed by atoms with Crippen LogP contribution in [0.25, 0.3) is 0 Å². The first-order valence-electron chi connectivity index (χ1n) is 8.73. The molecule has 5 N–H and O–H groups in total. The highest BCUT2D eigenvalue weighted by Crippen LogP contribution is 2.24. The highest BCUT2D eigenvalue weighted by atomic mass is 16.6. The molecule has 158 valence electrons. The molecule has 0 aliphatic carbocycles. The normalized spacial score (nSPS) is 10.9. The third kappa shape index (κ3) is 8.89. The van der Waals surface area contributed by atoms with Gasteiger partial charge in [-0.2, -0.15) is 0 Å². The highest BCUT2D eigenvalue weighted by molar-refractivity contribution is 5.87. The smallest absolute Gasteiger partial charge is 0.333 e. The number of hydrogen-bond donors (Lipinski definition) is 3. The number of phenolic OH excluding ortho intramolecular Hbond substituents is 1. The first-order valence-corrected chi connectivity index (χ1v) is 8.73. The number of carbonyl (C=O) groups excluding carboxylic acids is 1. The molecule has 0 aliphatic heterocycles. The summed E-state index contributed by atoms with van der Waals surface area (Å²) in [4.78, 5) is 11.4. The van der Waals surface area contributed by atoms with E-state index in [2.05, 4.69) is 6.58 Å². The van der Waals surface area contributed by atoms with Gasteiger partial charge in [0.05, 0.1) is 19.4 Å². The molecule has 0 fully saturated rings. The molecule has 8 nitrogen and oxygen atoms in total. The Morgan fingerprint density at radius 3 is 2.21 bits per heavy atom. The fourth-order valence-electron chi connectivity index (χ4n) is 1.96. The number of nitrogens with two attached hydrogens (primary N) is 2. The molecule has 0 amide bonds. The van der Waals surface area contributed by atoms with Gasteiger partial charge in [0.2, 0.25) is 0 Å². The summed E-state index contributed by atoms with van der Waals surface area (Å²) < 4.78 is 20.5. The molecule has 0 heterocycles. The van der Waals surface area contributed by atoms with Crippen LogP contribution in [0.3, 0.4) is 0 Å². The molecule has 0 saturated carbocycles. The number of rotatable bonds is 8. The van der Waals surface area contributed by atoms with Crippen LogP contribution in [-0.2, 0) is 14.3 Å². The van der Waals surface area contributed by atoms with Crippen LogP contribution in [0.1, 0.15) is 6.92 Å². The second-order valence-corrected chi connectivity index (χ2v) is 6.07. The van der Waals surface area contributed by atoms with E-state index in [4.69, 9.17) is 35.5 Å². The lowest BCUT2D eigenvalue weighted by Gasteiger charge is -2.17. The van der Waals surface area contributed by atoms with E-state index in [1.54, 1.807) is 43.3 Å². The molecule has 2 aromatic carbocycles. The summed E-state index contributed by atoms with van der Waals surface area (Å²) in [7, 11) is 3.07. The largest absolute Gasteiger partial charge is 0.506 e. The quantitative estimate of drug-likeness (QED) is 0.265. The predicted molar refractivity (Wildman–Crippen MR) is 112 cm³/mol. The first kappa shape index (κ1) is 23.6. The van der Waals surface area contributed by atoms with E-state index >= 15 is 0 Å². The Kier molecular flexibility index (Phi) is 9.90. The number of esters is 1. The molecule has 0 saturated heterocycles. The van der Waals surface area contributed by atoms with Crippen molar-refractivity contribution in [1.29, 1.82) is 0 Å². The molecule has 29 heavy (non-hydrogen) atoms. The zero-order valence-corrected chi connectivity index (χ0v) is 16.9. The number of phenols is 1. The average molecular weight is 404 g/mol. The molecule has 2 rings (SSSR count). The van der Waals surface area contributed by atoms with Gasteiger partial charge in [0.1, 0.15) is 23.9 Å². The molecule has 0 bridgehead atoms. The number of aromatic hydroxyl groups is 1. The third-order valence-electron chi connectivity index (χ3n) is 3.53. The van der Waals surface area contributed by atoms with E-state index in [0.717, 1.165) is 0 Å². The van der Waals surface area contributed by atoms with Crippen LogP contribution in [0.2, 0.25) is 0 Å². The minimum absolute atomic E-state index is 0.0550. The molecule has 2 aromatic rings. The van der Waals surface area contributed by atoms with Crippen molar-refractivity contribution in [3.8, 4) is 17.2 Å². The molecular weight excluding hydrogens is 376 g/mol. The summed E-state index contributed by atoms with van der Waals surface area (Å²) >= 11 is 0. The van der Waals surface area contributed by atoms with E-state index in [0.29, 0.717) is 28.4 Å². The van der Waals surface area contributed by atoms with E-state index < -0.39 is 12.1 Å². The van der Waals surface area contributed by atoms with Crippen molar-refractivity contribution in [3.63, 3.8) is 0 Å². The highest BCUT2D eigenvalue weighted by Gasteiger charge is 2.15. The zero-order chi connectivity index (χ0) is 21.8. The van der Waals surface area contributed by atoms with Crippen LogP contribution in [-0.4, -0.2) is 44.6 Å². The summed E-state index contributed by atoms with van der Waals surface area (Å²) in [5.41, 5.74) is 12.3. The summed E-state index contributed by atoms with van der Waals surface area (Å²) in [5, 5.41) is 9.03. The molecule has 1 unspecified atom stereocenters. The lowest BCUT2D eigenvalue weighted by Crippen LogP contribution is -2.29. The molecule has 0 radical (unpaired) electrons. The van der Waals surface area contributed by atoms with Crippen LogP contribution in [0, 0.1) is 0 Å². The Morgan fingerprint density at radius 2 is 1.69 bits per heavy atom. The van der Waals surface area contributed by atoms with Crippen LogP contribution in [0.4, 0.5) is 11.4 Å². The maximum absolute atomic E-state index is 11.4. The SMILES string of the molecule is C=C(C)C(=O)OC(COC)COc1ccc(N)cc1.COc1ccc(N)c(O)c1. The minimum Gasteiger partial charge on any atom is -0.506 e. The summed E-state index contributed by atoms with van der Waals surface area (Å²) in [6.07, 6.45) is -0.480. The minimum atomic E-state index is -0.480. The number of carbonyl (C=O) groups is 1. The average Bonchev–Trinajstić information content (AvgIpc) is 2.70. The Morgan fingerprint density at radius 1 is 1.07 bits per heavy atom. The Balaban J connectivity index is 0.000000352.